The van der Waals surface area contributed by atoms with Crippen LogP contribution in [0.1, 0.15) is 29.2 Å². The standard InChI is InChI=1S/C17H14F6/c1-3-11-5-7-13(15(9-11)17(21,22)23)12-6-4-10(2)8-14(12)16(18,19)20/h4-9H,3H2,1-2H3. The molecule has 0 bridgehead atoms. The van der Waals surface area contributed by atoms with Crippen LogP contribution in [0.2, 0.25) is 0 Å². The van der Waals surface area contributed by atoms with Crippen molar-refractivity contribution in [2.45, 2.75) is 32.6 Å². The van der Waals surface area contributed by atoms with Crippen LogP contribution in [-0.4, -0.2) is 0 Å². The van der Waals surface area contributed by atoms with Gasteiger partial charge in [0.1, 0.15) is 0 Å². The van der Waals surface area contributed by atoms with Gasteiger partial charge in [-0.3, -0.25) is 0 Å². The Morgan fingerprint density at radius 2 is 1.22 bits per heavy atom. The van der Waals surface area contributed by atoms with Gasteiger partial charge in [0.25, 0.3) is 0 Å². The van der Waals surface area contributed by atoms with Crippen LogP contribution in [0.4, 0.5) is 26.3 Å². The normalized spacial score (nSPS) is 12.5. The van der Waals surface area contributed by atoms with Gasteiger partial charge in [0.15, 0.2) is 0 Å². The highest BCUT2D eigenvalue weighted by molar-refractivity contribution is 5.72. The Hall–Kier alpha value is -1.98. The van der Waals surface area contributed by atoms with Crippen LogP contribution in [0.25, 0.3) is 11.1 Å². The molecular formula is C17H14F6. The molecule has 0 saturated heterocycles. The molecule has 6 heteroatoms. The summed E-state index contributed by atoms with van der Waals surface area (Å²) in [5.74, 6) is 0. The Bertz CT molecular complexity index is 710. The van der Waals surface area contributed by atoms with Gasteiger partial charge in [0.2, 0.25) is 0 Å². The second kappa shape index (κ2) is 5.91. The Morgan fingerprint density at radius 1 is 0.739 bits per heavy atom. The zero-order valence-corrected chi connectivity index (χ0v) is 12.4. The Balaban J connectivity index is 2.77. The SMILES string of the molecule is CCc1ccc(-c2ccc(C)cc2C(F)(F)F)c(C(F)(F)F)c1. The van der Waals surface area contributed by atoms with Gasteiger partial charge in [0, 0.05) is 0 Å². The molecule has 2 aromatic rings. The van der Waals surface area contributed by atoms with Crippen molar-refractivity contribution < 1.29 is 26.3 Å². The summed E-state index contributed by atoms with van der Waals surface area (Å²) in [6, 6.07) is 6.78. The lowest BCUT2D eigenvalue weighted by Gasteiger charge is -2.19. The first-order chi connectivity index (χ1) is 10.5. The second-order valence-electron chi connectivity index (χ2n) is 5.28. The van der Waals surface area contributed by atoms with E-state index in [9.17, 15) is 26.3 Å². The molecule has 0 nitrogen and oxygen atoms in total. The van der Waals surface area contributed by atoms with Crippen molar-refractivity contribution in [1.82, 2.24) is 0 Å². The van der Waals surface area contributed by atoms with Crippen molar-refractivity contribution in [2.24, 2.45) is 0 Å². The van der Waals surface area contributed by atoms with Crippen molar-refractivity contribution in [3.8, 4) is 11.1 Å². The first-order valence-electron chi connectivity index (χ1n) is 6.92. The van der Waals surface area contributed by atoms with E-state index in [1.807, 2.05) is 0 Å². The molecule has 0 aliphatic carbocycles. The highest BCUT2D eigenvalue weighted by Crippen LogP contribution is 2.43. The van der Waals surface area contributed by atoms with Crippen molar-refractivity contribution in [3.05, 3.63) is 58.7 Å². The predicted molar refractivity (Wildman–Crippen MR) is 76.0 cm³/mol. The topological polar surface area (TPSA) is 0 Å². The summed E-state index contributed by atoms with van der Waals surface area (Å²) in [7, 11) is 0. The number of hydrogen-bond donors (Lipinski definition) is 0. The van der Waals surface area contributed by atoms with Crippen molar-refractivity contribution in [1.29, 1.82) is 0 Å². The summed E-state index contributed by atoms with van der Waals surface area (Å²) in [5, 5.41) is 0. The number of rotatable bonds is 2. The average molecular weight is 332 g/mol. The fourth-order valence-electron chi connectivity index (χ4n) is 2.41. The number of benzene rings is 2. The molecule has 23 heavy (non-hydrogen) atoms. The van der Waals surface area contributed by atoms with E-state index in [-0.39, 0.29) is 0 Å². The maximum Gasteiger partial charge on any atom is 0.417 e. The molecule has 0 atom stereocenters. The number of halogens is 6. The Kier molecular flexibility index (Phi) is 4.46. The van der Waals surface area contributed by atoms with Crippen molar-refractivity contribution in [2.75, 3.05) is 0 Å². The third-order valence-corrected chi connectivity index (χ3v) is 3.57. The van der Waals surface area contributed by atoms with E-state index in [1.54, 1.807) is 6.92 Å². The highest BCUT2D eigenvalue weighted by Gasteiger charge is 2.38. The lowest BCUT2D eigenvalue weighted by molar-refractivity contribution is -0.139. The maximum atomic E-state index is 13.3. The summed E-state index contributed by atoms with van der Waals surface area (Å²) >= 11 is 0. The molecule has 0 amide bonds. The van der Waals surface area contributed by atoms with Crippen LogP contribution >= 0.6 is 0 Å². The molecule has 0 radical (unpaired) electrons. The van der Waals surface area contributed by atoms with E-state index in [2.05, 4.69) is 0 Å². The second-order valence-corrected chi connectivity index (χ2v) is 5.28. The molecule has 0 aliphatic rings. The minimum absolute atomic E-state index is 0.333. The smallest absolute Gasteiger partial charge is 0.166 e. The third-order valence-electron chi connectivity index (χ3n) is 3.57. The van der Waals surface area contributed by atoms with E-state index in [4.69, 9.17) is 0 Å². The first kappa shape index (κ1) is 17.4. The summed E-state index contributed by atoms with van der Waals surface area (Å²) in [6.07, 6.45) is -9.09. The van der Waals surface area contributed by atoms with E-state index < -0.39 is 34.6 Å². The van der Waals surface area contributed by atoms with Crippen LogP contribution in [0.15, 0.2) is 36.4 Å². The van der Waals surface area contributed by atoms with E-state index in [0.717, 1.165) is 24.3 Å². The van der Waals surface area contributed by atoms with E-state index in [0.29, 0.717) is 17.5 Å². The van der Waals surface area contributed by atoms with E-state index in [1.165, 1.54) is 19.1 Å². The molecule has 0 unspecified atom stereocenters. The number of alkyl halides is 6. The van der Waals surface area contributed by atoms with Crippen molar-refractivity contribution in [3.63, 3.8) is 0 Å². The van der Waals surface area contributed by atoms with Gasteiger partial charge in [-0.15, -0.1) is 0 Å². The number of hydrogen-bond acceptors (Lipinski definition) is 0. The maximum absolute atomic E-state index is 13.3. The van der Waals surface area contributed by atoms with Crippen LogP contribution in [0, 0.1) is 6.92 Å². The van der Waals surface area contributed by atoms with Gasteiger partial charge >= 0.3 is 12.4 Å². The molecule has 2 rings (SSSR count). The summed E-state index contributed by atoms with van der Waals surface area (Å²) < 4.78 is 79.4. The molecule has 0 heterocycles. The highest BCUT2D eigenvalue weighted by atomic mass is 19.4. The number of aryl methyl sites for hydroxylation is 2. The Labute approximate surface area is 129 Å². The third kappa shape index (κ3) is 3.68. The molecule has 0 N–H and O–H groups in total. The van der Waals surface area contributed by atoms with Crippen LogP contribution in [0.3, 0.4) is 0 Å². The zero-order chi connectivity index (χ0) is 17.4. The summed E-state index contributed by atoms with van der Waals surface area (Å²) in [5.41, 5.74) is -2.28. The van der Waals surface area contributed by atoms with Gasteiger partial charge in [-0.2, -0.15) is 26.3 Å². The lowest BCUT2D eigenvalue weighted by atomic mass is 9.92. The molecule has 0 fully saturated rings. The molecule has 0 saturated carbocycles. The lowest BCUT2D eigenvalue weighted by Crippen LogP contribution is -2.12. The fourth-order valence-corrected chi connectivity index (χ4v) is 2.41. The molecule has 124 valence electrons. The monoisotopic (exact) mass is 332 g/mol. The first-order valence-corrected chi connectivity index (χ1v) is 6.92. The van der Waals surface area contributed by atoms with Crippen LogP contribution in [-0.2, 0) is 18.8 Å². The average Bonchev–Trinajstić information content (AvgIpc) is 2.45. The predicted octanol–water partition coefficient (Wildman–Crippen LogP) is 6.26. The van der Waals surface area contributed by atoms with Gasteiger partial charge < -0.3 is 0 Å². The molecule has 2 aromatic carbocycles. The van der Waals surface area contributed by atoms with Gasteiger partial charge in [-0.05, 0) is 42.2 Å². The fraction of sp³-hybridized carbons (Fsp3) is 0.294. The molecular weight excluding hydrogens is 318 g/mol. The summed E-state index contributed by atoms with van der Waals surface area (Å²) in [4.78, 5) is 0. The van der Waals surface area contributed by atoms with Gasteiger partial charge in [0.05, 0.1) is 11.1 Å². The Morgan fingerprint density at radius 3 is 1.70 bits per heavy atom. The molecule has 0 spiro atoms. The van der Waals surface area contributed by atoms with Gasteiger partial charge in [-0.25, -0.2) is 0 Å². The van der Waals surface area contributed by atoms with Crippen LogP contribution in [0.5, 0.6) is 0 Å². The minimum atomic E-state index is -4.73. The molecule has 0 aromatic heterocycles. The van der Waals surface area contributed by atoms with E-state index >= 15 is 0 Å². The van der Waals surface area contributed by atoms with Gasteiger partial charge in [-0.1, -0.05) is 36.8 Å². The largest absolute Gasteiger partial charge is 0.417 e. The van der Waals surface area contributed by atoms with Crippen molar-refractivity contribution >= 4 is 0 Å². The van der Waals surface area contributed by atoms with Crippen LogP contribution < -0.4 is 0 Å². The minimum Gasteiger partial charge on any atom is -0.166 e. The molecule has 0 aliphatic heterocycles. The summed E-state index contributed by atoms with van der Waals surface area (Å²) in [6.45, 7) is 3.14. The quantitative estimate of drug-likeness (QED) is 0.569. The zero-order valence-electron chi connectivity index (χ0n) is 12.4.